The Bertz CT molecular complexity index is 668. The maximum Gasteiger partial charge on any atom is 0.197 e. The lowest BCUT2D eigenvalue weighted by atomic mass is 10.0. The fourth-order valence-corrected chi connectivity index (χ4v) is 2.06. The van der Waals surface area contributed by atoms with E-state index in [1.807, 2.05) is 0 Å². The third kappa shape index (κ3) is 2.71. The Kier molecular flexibility index (Phi) is 3.75. The van der Waals surface area contributed by atoms with E-state index < -0.39 is 28.8 Å². The molecule has 0 radical (unpaired) electrons. The van der Waals surface area contributed by atoms with Crippen molar-refractivity contribution in [3.63, 3.8) is 0 Å². The van der Waals surface area contributed by atoms with Gasteiger partial charge in [-0.15, -0.1) is 0 Å². The molecule has 0 saturated carbocycles. The zero-order valence-electron chi connectivity index (χ0n) is 9.81. The van der Waals surface area contributed by atoms with Crippen molar-refractivity contribution in [3.8, 4) is 0 Å². The van der Waals surface area contributed by atoms with E-state index in [1.165, 1.54) is 13.0 Å². The van der Waals surface area contributed by atoms with Crippen LogP contribution in [0.4, 0.5) is 13.2 Å². The van der Waals surface area contributed by atoms with Crippen LogP contribution in [0.1, 0.15) is 21.5 Å². The zero-order valence-corrected chi connectivity index (χ0v) is 11.4. The molecule has 0 amide bonds. The van der Waals surface area contributed by atoms with E-state index in [1.54, 1.807) is 0 Å². The molecule has 19 heavy (non-hydrogen) atoms. The van der Waals surface area contributed by atoms with Gasteiger partial charge in [0, 0.05) is 10.0 Å². The molecule has 0 spiro atoms. The summed E-state index contributed by atoms with van der Waals surface area (Å²) >= 11 is 3.08. The summed E-state index contributed by atoms with van der Waals surface area (Å²) in [6, 6.07) is 5.24. The summed E-state index contributed by atoms with van der Waals surface area (Å²) in [5.74, 6) is -2.92. The van der Waals surface area contributed by atoms with Gasteiger partial charge in [-0.3, -0.25) is 4.79 Å². The molecule has 0 fully saturated rings. The van der Waals surface area contributed by atoms with Crippen LogP contribution in [-0.4, -0.2) is 5.78 Å². The van der Waals surface area contributed by atoms with Gasteiger partial charge in [0.25, 0.3) is 0 Å². The molecular weight excluding hydrogens is 321 g/mol. The molecule has 2 aromatic carbocycles. The van der Waals surface area contributed by atoms with Crippen LogP contribution < -0.4 is 0 Å². The SMILES string of the molecule is Cc1cc(F)c(C(=O)c2cc(F)ccc2Br)cc1F. The molecule has 0 atom stereocenters. The molecular formula is C14H8BrF3O. The van der Waals surface area contributed by atoms with Crippen molar-refractivity contribution in [2.75, 3.05) is 0 Å². The van der Waals surface area contributed by atoms with Gasteiger partial charge in [-0.05, 0) is 42.8 Å². The summed E-state index contributed by atoms with van der Waals surface area (Å²) in [5.41, 5.74) is -0.371. The van der Waals surface area contributed by atoms with Crippen molar-refractivity contribution in [1.29, 1.82) is 0 Å². The number of carbonyl (C=O) groups excluding carboxylic acids is 1. The first kappa shape index (κ1) is 13.8. The van der Waals surface area contributed by atoms with Gasteiger partial charge < -0.3 is 0 Å². The highest BCUT2D eigenvalue weighted by Crippen LogP contribution is 2.23. The van der Waals surface area contributed by atoms with Crippen molar-refractivity contribution >= 4 is 21.7 Å². The van der Waals surface area contributed by atoms with E-state index in [0.29, 0.717) is 4.47 Å². The minimum absolute atomic E-state index is 0.0536. The summed E-state index contributed by atoms with van der Waals surface area (Å²) in [4.78, 5) is 12.1. The quantitative estimate of drug-likeness (QED) is 0.746. The van der Waals surface area contributed by atoms with Gasteiger partial charge in [0.2, 0.25) is 0 Å². The lowest BCUT2D eigenvalue weighted by molar-refractivity contribution is 0.103. The second kappa shape index (κ2) is 5.17. The summed E-state index contributed by atoms with van der Waals surface area (Å²) < 4.78 is 40.6. The first-order chi connectivity index (χ1) is 8.90. The van der Waals surface area contributed by atoms with Gasteiger partial charge in [-0.2, -0.15) is 0 Å². The van der Waals surface area contributed by atoms with E-state index in [0.717, 1.165) is 24.3 Å². The van der Waals surface area contributed by atoms with Gasteiger partial charge in [0.05, 0.1) is 5.56 Å². The van der Waals surface area contributed by atoms with Gasteiger partial charge in [0.1, 0.15) is 17.5 Å². The largest absolute Gasteiger partial charge is 0.288 e. The van der Waals surface area contributed by atoms with Crippen molar-refractivity contribution < 1.29 is 18.0 Å². The lowest BCUT2D eigenvalue weighted by Gasteiger charge is -2.07. The molecule has 5 heteroatoms. The van der Waals surface area contributed by atoms with Crippen LogP contribution in [0.15, 0.2) is 34.8 Å². The predicted molar refractivity (Wildman–Crippen MR) is 68.6 cm³/mol. The van der Waals surface area contributed by atoms with E-state index >= 15 is 0 Å². The molecule has 0 saturated heterocycles. The van der Waals surface area contributed by atoms with Crippen LogP contribution >= 0.6 is 15.9 Å². The monoisotopic (exact) mass is 328 g/mol. The molecule has 0 bridgehead atoms. The van der Waals surface area contributed by atoms with Crippen LogP contribution in [0.25, 0.3) is 0 Å². The van der Waals surface area contributed by atoms with Crippen LogP contribution in [-0.2, 0) is 0 Å². The summed E-state index contributed by atoms with van der Waals surface area (Å²) in [5, 5.41) is 0. The Labute approximate surface area is 116 Å². The lowest BCUT2D eigenvalue weighted by Crippen LogP contribution is -2.07. The number of carbonyl (C=O) groups is 1. The number of hydrogen-bond donors (Lipinski definition) is 0. The van der Waals surface area contributed by atoms with Gasteiger partial charge >= 0.3 is 0 Å². The van der Waals surface area contributed by atoms with Gasteiger partial charge in [0.15, 0.2) is 5.78 Å². The molecule has 0 aliphatic carbocycles. The highest BCUT2D eigenvalue weighted by Gasteiger charge is 2.19. The molecule has 0 heterocycles. The number of benzene rings is 2. The fraction of sp³-hybridized carbons (Fsp3) is 0.0714. The van der Waals surface area contributed by atoms with E-state index in [4.69, 9.17) is 0 Å². The van der Waals surface area contributed by atoms with Crippen molar-refractivity contribution in [1.82, 2.24) is 0 Å². The average Bonchev–Trinajstić information content (AvgIpc) is 2.36. The number of ketones is 1. The highest BCUT2D eigenvalue weighted by atomic mass is 79.9. The van der Waals surface area contributed by atoms with E-state index in [9.17, 15) is 18.0 Å². The number of halogens is 4. The molecule has 0 N–H and O–H groups in total. The summed E-state index contributed by atoms with van der Waals surface area (Å²) in [7, 11) is 0. The van der Waals surface area contributed by atoms with Crippen molar-refractivity contribution in [2.45, 2.75) is 6.92 Å². The molecule has 2 aromatic rings. The Hall–Kier alpha value is -1.62. The minimum atomic E-state index is -0.833. The van der Waals surface area contributed by atoms with E-state index in [-0.39, 0.29) is 11.1 Å². The maximum atomic E-state index is 13.7. The minimum Gasteiger partial charge on any atom is -0.288 e. The first-order valence-electron chi connectivity index (χ1n) is 5.35. The fourth-order valence-electron chi connectivity index (χ4n) is 1.64. The molecule has 0 unspecified atom stereocenters. The number of rotatable bonds is 2. The zero-order chi connectivity index (χ0) is 14.2. The summed E-state index contributed by atoms with van der Waals surface area (Å²) in [6.45, 7) is 1.39. The van der Waals surface area contributed by atoms with Crippen LogP contribution in [0.5, 0.6) is 0 Å². The topological polar surface area (TPSA) is 17.1 Å². The van der Waals surface area contributed by atoms with Gasteiger partial charge in [-0.1, -0.05) is 15.9 Å². The molecule has 0 aliphatic rings. The molecule has 0 aromatic heterocycles. The second-order valence-corrected chi connectivity index (χ2v) is 4.89. The van der Waals surface area contributed by atoms with Crippen LogP contribution in [0, 0.1) is 24.4 Å². The second-order valence-electron chi connectivity index (χ2n) is 4.03. The van der Waals surface area contributed by atoms with Crippen LogP contribution in [0.3, 0.4) is 0 Å². The standard InChI is InChI=1S/C14H8BrF3O/c1-7-4-13(18)10(6-12(7)17)14(19)9-5-8(16)2-3-11(9)15/h2-6H,1H3. The molecule has 98 valence electrons. The number of hydrogen-bond acceptors (Lipinski definition) is 1. The predicted octanol–water partition coefficient (Wildman–Crippen LogP) is 4.41. The van der Waals surface area contributed by atoms with Crippen molar-refractivity contribution in [3.05, 3.63) is 68.9 Å². The highest BCUT2D eigenvalue weighted by molar-refractivity contribution is 9.10. The Morgan fingerprint density at radius 1 is 1.00 bits per heavy atom. The smallest absolute Gasteiger partial charge is 0.197 e. The van der Waals surface area contributed by atoms with Gasteiger partial charge in [-0.25, -0.2) is 13.2 Å². The maximum absolute atomic E-state index is 13.7. The third-order valence-corrected chi connectivity index (χ3v) is 3.36. The summed E-state index contributed by atoms with van der Waals surface area (Å²) in [6.07, 6.45) is 0. The van der Waals surface area contributed by atoms with Crippen LogP contribution in [0.2, 0.25) is 0 Å². The molecule has 2 rings (SSSR count). The average molecular weight is 329 g/mol. The molecule has 1 nitrogen and oxygen atoms in total. The Morgan fingerprint density at radius 2 is 1.68 bits per heavy atom. The van der Waals surface area contributed by atoms with Crippen molar-refractivity contribution in [2.24, 2.45) is 0 Å². The third-order valence-electron chi connectivity index (χ3n) is 2.67. The first-order valence-corrected chi connectivity index (χ1v) is 6.15. The normalized spacial score (nSPS) is 10.6. The Morgan fingerprint density at radius 3 is 2.37 bits per heavy atom. The number of aryl methyl sites for hydroxylation is 1. The van der Waals surface area contributed by atoms with E-state index in [2.05, 4.69) is 15.9 Å². The Balaban J connectivity index is 2.56. The molecule has 0 aliphatic heterocycles.